The summed E-state index contributed by atoms with van der Waals surface area (Å²) in [5.41, 5.74) is 2.66. The van der Waals surface area contributed by atoms with Crippen LogP contribution in [0.1, 0.15) is 21.6 Å². The van der Waals surface area contributed by atoms with Gasteiger partial charge in [-0.05, 0) is 29.8 Å². The van der Waals surface area contributed by atoms with Crippen molar-refractivity contribution in [2.45, 2.75) is 11.9 Å². The SMILES string of the molecule is O=C(NCc1ccccn1)c1ccc(CBr)cc1. The molecule has 0 saturated heterocycles. The Kier molecular flexibility index (Phi) is 4.47. The molecule has 0 radical (unpaired) electrons. The summed E-state index contributed by atoms with van der Waals surface area (Å²) in [7, 11) is 0. The third-order valence-electron chi connectivity index (χ3n) is 2.53. The lowest BCUT2D eigenvalue weighted by molar-refractivity contribution is 0.0950. The van der Waals surface area contributed by atoms with Crippen molar-refractivity contribution in [2.24, 2.45) is 0 Å². The van der Waals surface area contributed by atoms with Crippen LogP contribution in [0.15, 0.2) is 48.7 Å². The highest BCUT2D eigenvalue weighted by Gasteiger charge is 2.04. The van der Waals surface area contributed by atoms with Gasteiger partial charge in [0.25, 0.3) is 5.91 Å². The highest BCUT2D eigenvalue weighted by Crippen LogP contribution is 2.08. The van der Waals surface area contributed by atoms with Gasteiger partial charge in [0.2, 0.25) is 0 Å². The smallest absolute Gasteiger partial charge is 0.251 e. The molecule has 0 fully saturated rings. The maximum Gasteiger partial charge on any atom is 0.251 e. The van der Waals surface area contributed by atoms with Gasteiger partial charge in [0, 0.05) is 17.1 Å². The third kappa shape index (κ3) is 3.40. The Morgan fingerprint density at radius 2 is 1.94 bits per heavy atom. The fourth-order valence-electron chi connectivity index (χ4n) is 1.52. The lowest BCUT2D eigenvalue weighted by Gasteiger charge is -2.05. The van der Waals surface area contributed by atoms with Gasteiger partial charge in [-0.1, -0.05) is 34.1 Å². The molecule has 0 aliphatic rings. The van der Waals surface area contributed by atoms with E-state index in [1.807, 2.05) is 42.5 Å². The molecule has 0 unspecified atom stereocenters. The zero-order chi connectivity index (χ0) is 12.8. The summed E-state index contributed by atoms with van der Waals surface area (Å²) in [6.07, 6.45) is 1.71. The first-order valence-electron chi connectivity index (χ1n) is 5.62. The number of nitrogens with zero attached hydrogens (tertiary/aromatic N) is 1. The van der Waals surface area contributed by atoms with E-state index in [0.717, 1.165) is 16.6 Å². The molecular formula is C14H13BrN2O. The molecule has 18 heavy (non-hydrogen) atoms. The van der Waals surface area contributed by atoms with Crippen LogP contribution in [0, 0.1) is 0 Å². The van der Waals surface area contributed by atoms with E-state index in [2.05, 4.69) is 26.2 Å². The fourth-order valence-corrected chi connectivity index (χ4v) is 1.89. The molecule has 92 valence electrons. The summed E-state index contributed by atoms with van der Waals surface area (Å²) in [4.78, 5) is 16.0. The maximum atomic E-state index is 11.9. The Balaban J connectivity index is 1.95. The van der Waals surface area contributed by atoms with Crippen molar-refractivity contribution in [3.63, 3.8) is 0 Å². The average Bonchev–Trinajstić information content (AvgIpc) is 2.46. The van der Waals surface area contributed by atoms with Crippen LogP contribution in [0.3, 0.4) is 0 Å². The predicted molar refractivity (Wildman–Crippen MR) is 74.5 cm³/mol. The van der Waals surface area contributed by atoms with Crippen molar-refractivity contribution >= 4 is 21.8 Å². The predicted octanol–water partition coefficient (Wildman–Crippen LogP) is 2.91. The van der Waals surface area contributed by atoms with Crippen LogP contribution < -0.4 is 5.32 Å². The summed E-state index contributed by atoms with van der Waals surface area (Å²) in [5.74, 6) is -0.0817. The molecule has 1 aromatic carbocycles. The van der Waals surface area contributed by atoms with Crippen LogP contribution in [0.4, 0.5) is 0 Å². The van der Waals surface area contributed by atoms with Gasteiger partial charge in [0.05, 0.1) is 12.2 Å². The third-order valence-corrected chi connectivity index (χ3v) is 3.17. The molecule has 0 spiro atoms. The molecule has 1 aromatic heterocycles. The number of carbonyl (C=O) groups excluding carboxylic acids is 1. The molecule has 4 heteroatoms. The number of alkyl halides is 1. The van der Waals surface area contributed by atoms with Crippen molar-refractivity contribution in [1.82, 2.24) is 10.3 Å². The van der Waals surface area contributed by atoms with E-state index in [1.165, 1.54) is 0 Å². The van der Waals surface area contributed by atoms with Crippen LogP contribution >= 0.6 is 15.9 Å². The number of pyridine rings is 1. The average molecular weight is 305 g/mol. The number of aromatic nitrogens is 1. The number of hydrogen-bond acceptors (Lipinski definition) is 2. The Bertz CT molecular complexity index is 511. The Hall–Kier alpha value is -1.68. The van der Waals surface area contributed by atoms with E-state index in [4.69, 9.17) is 0 Å². The van der Waals surface area contributed by atoms with E-state index >= 15 is 0 Å². The molecule has 1 heterocycles. The van der Waals surface area contributed by atoms with Gasteiger partial charge in [-0.2, -0.15) is 0 Å². The second kappa shape index (κ2) is 6.31. The highest BCUT2D eigenvalue weighted by atomic mass is 79.9. The molecule has 2 rings (SSSR count). The molecule has 0 aliphatic heterocycles. The first kappa shape index (κ1) is 12.8. The van der Waals surface area contributed by atoms with Crippen molar-refractivity contribution in [3.8, 4) is 0 Å². The molecule has 1 N–H and O–H groups in total. The zero-order valence-electron chi connectivity index (χ0n) is 9.77. The normalized spacial score (nSPS) is 10.1. The number of benzene rings is 1. The largest absolute Gasteiger partial charge is 0.346 e. The second-order valence-electron chi connectivity index (χ2n) is 3.83. The van der Waals surface area contributed by atoms with Crippen molar-refractivity contribution in [1.29, 1.82) is 0 Å². The molecular weight excluding hydrogens is 292 g/mol. The second-order valence-corrected chi connectivity index (χ2v) is 4.40. The number of amides is 1. The van der Waals surface area contributed by atoms with Gasteiger partial charge in [-0.25, -0.2) is 0 Å². The Morgan fingerprint density at radius 1 is 1.17 bits per heavy atom. The summed E-state index contributed by atoms with van der Waals surface area (Å²) in [5, 5.41) is 3.63. The topological polar surface area (TPSA) is 42.0 Å². The highest BCUT2D eigenvalue weighted by molar-refractivity contribution is 9.08. The minimum atomic E-state index is -0.0817. The molecule has 0 saturated carbocycles. The van der Waals surface area contributed by atoms with E-state index in [1.54, 1.807) is 6.20 Å². The van der Waals surface area contributed by atoms with Gasteiger partial charge in [-0.3, -0.25) is 9.78 Å². The van der Waals surface area contributed by atoms with Crippen LogP contribution in [0.25, 0.3) is 0 Å². The standard InChI is InChI=1S/C14H13BrN2O/c15-9-11-4-6-12(7-5-11)14(18)17-10-13-3-1-2-8-16-13/h1-8H,9-10H2,(H,17,18). The van der Waals surface area contributed by atoms with Crippen molar-refractivity contribution in [2.75, 3.05) is 0 Å². The number of carbonyl (C=O) groups is 1. The molecule has 0 atom stereocenters. The number of hydrogen-bond donors (Lipinski definition) is 1. The first-order chi connectivity index (χ1) is 8.79. The monoisotopic (exact) mass is 304 g/mol. The summed E-state index contributed by atoms with van der Waals surface area (Å²) in [6, 6.07) is 13.2. The lowest BCUT2D eigenvalue weighted by Crippen LogP contribution is -2.23. The van der Waals surface area contributed by atoms with Gasteiger partial charge in [0.15, 0.2) is 0 Å². The minimum absolute atomic E-state index is 0.0817. The van der Waals surface area contributed by atoms with Gasteiger partial charge in [0.1, 0.15) is 0 Å². The minimum Gasteiger partial charge on any atom is -0.346 e. The molecule has 0 bridgehead atoms. The molecule has 0 aliphatic carbocycles. The van der Waals surface area contributed by atoms with E-state index in [-0.39, 0.29) is 5.91 Å². The Labute approximate surface area is 114 Å². The quantitative estimate of drug-likeness (QED) is 0.883. The lowest BCUT2D eigenvalue weighted by atomic mass is 10.1. The van der Waals surface area contributed by atoms with Gasteiger partial charge >= 0.3 is 0 Å². The maximum absolute atomic E-state index is 11.9. The van der Waals surface area contributed by atoms with Gasteiger partial charge < -0.3 is 5.32 Å². The summed E-state index contributed by atoms with van der Waals surface area (Å²) >= 11 is 3.37. The summed E-state index contributed by atoms with van der Waals surface area (Å²) < 4.78 is 0. The van der Waals surface area contributed by atoms with E-state index in [0.29, 0.717) is 12.1 Å². The van der Waals surface area contributed by atoms with Crippen LogP contribution in [0.2, 0.25) is 0 Å². The van der Waals surface area contributed by atoms with Crippen LogP contribution in [0.5, 0.6) is 0 Å². The van der Waals surface area contributed by atoms with Gasteiger partial charge in [-0.15, -0.1) is 0 Å². The first-order valence-corrected chi connectivity index (χ1v) is 6.75. The number of nitrogens with one attached hydrogen (secondary N) is 1. The van der Waals surface area contributed by atoms with E-state index < -0.39 is 0 Å². The van der Waals surface area contributed by atoms with Crippen LogP contribution in [-0.4, -0.2) is 10.9 Å². The van der Waals surface area contributed by atoms with Crippen molar-refractivity contribution < 1.29 is 4.79 Å². The molecule has 3 nitrogen and oxygen atoms in total. The number of rotatable bonds is 4. The molecule has 2 aromatic rings. The van der Waals surface area contributed by atoms with E-state index in [9.17, 15) is 4.79 Å². The molecule has 1 amide bonds. The Morgan fingerprint density at radius 3 is 2.56 bits per heavy atom. The fraction of sp³-hybridized carbons (Fsp3) is 0.143. The van der Waals surface area contributed by atoms with Crippen molar-refractivity contribution in [3.05, 3.63) is 65.5 Å². The zero-order valence-corrected chi connectivity index (χ0v) is 11.4. The van der Waals surface area contributed by atoms with Crippen LogP contribution in [-0.2, 0) is 11.9 Å². The number of halogens is 1. The summed E-state index contributed by atoms with van der Waals surface area (Å²) in [6.45, 7) is 0.444.